The number of benzene rings is 1. The molecule has 0 radical (unpaired) electrons. The van der Waals surface area contributed by atoms with E-state index in [2.05, 4.69) is 14.8 Å². The van der Waals surface area contributed by atoms with E-state index in [1.165, 1.54) is 12.0 Å². The number of amides is 1. The molecule has 1 N–H and O–H groups in total. The highest BCUT2D eigenvalue weighted by Crippen LogP contribution is 2.23. The number of aryl methyl sites for hydroxylation is 1. The Morgan fingerprint density at radius 3 is 2.81 bits per heavy atom. The van der Waals surface area contributed by atoms with Gasteiger partial charge in [-0.05, 0) is 74.5 Å². The van der Waals surface area contributed by atoms with Crippen molar-refractivity contribution in [1.29, 1.82) is 0 Å². The summed E-state index contributed by atoms with van der Waals surface area (Å²) in [6.45, 7) is 2.04. The average molecular weight is 367 g/mol. The first-order valence-corrected chi connectivity index (χ1v) is 9.76. The molecule has 1 fully saturated rings. The molecular formula is C22H29N3O2. The summed E-state index contributed by atoms with van der Waals surface area (Å²) in [4.78, 5) is 21.1. The third kappa shape index (κ3) is 5.79. The summed E-state index contributed by atoms with van der Waals surface area (Å²) in [5, 5.41) is 9.64. The van der Waals surface area contributed by atoms with E-state index >= 15 is 0 Å². The van der Waals surface area contributed by atoms with Gasteiger partial charge in [0, 0.05) is 31.5 Å². The van der Waals surface area contributed by atoms with E-state index in [4.69, 9.17) is 0 Å². The van der Waals surface area contributed by atoms with Crippen molar-refractivity contribution in [1.82, 2.24) is 14.8 Å². The molecule has 27 heavy (non-hydrogen) atoms. The molecule has 1 atom stereocenters. The van der Waals surface area contributed by atoms with Crippen LogP contribution in [0.4, 0.5) is 0 Å². The predicted molar refractivity (Wildman–Crippen MR) is 106 cm³/mol. The Morgan fingerprint density at radius 1 is 1.22 bits per heavy atom. The van der Waals surface area contributed by atoms with Gasteiger partial charge in [-0.2, -0.15) is 0 Å². The highest BCUT2D eigenvalue weighted by molar-refractivity contribution is 5.78. The maximum atomic E-state index is 12.9. The summed E-state index contributed by atoms with van der Waals surface area (Å²) in [5.74, 6) is 0.522. The quantitative estimate of drug-likeness (QED) is 0.816. The molecule has 2 heterocycles. The van der Waals surface area contributed by atoms with Crippen LogP contribution in [-0.2, 0) is 17.8 Å². The minimum Gasteiger partial charge on any atom is -0.508 e. The number of phenols is 1. The molecule has 0 aliphatic carbocycles. The molecule has 2 aromatic rings. The van der Waals surface area contributed by atoms with Crippen LogP contribution in [0, 0.1) is 0 Å². The van der Waals surface area contributed by atoms with Gasteiger partial charge < -0.3 is 10.0 Å². The maximum absolute atomic E-state index is 12.9. The Morgan fingerprint density at radius 2 is 2.04 bits per heavy atom. The van der Waals surface area contributed by atoms with Crippen LogP contribution in [0.1, 0.15) is 36.8 Å². The Hall–Kier alpha value is -2.40. The molecule has 144 valence electrons. The Labute approximate surface area is 161 Å². The number of rotatable bonds is 7. The largest absolute Gasteiger partial charge is 0.508 e. The van der Waals surface area contributed by atoms with Crippen LogP contribution in [0.15, 0.2) is 48.8 Å². The normalized spacial score (nSPS) is 17.3. The SMILES string of the molecule is CN(CC(=O)N1CCCC[C@H]1CCc1cccc(O)c1)Cc1ccncc1. The average Bonchev–Trinajstić information content (AvgIpc) is 2.67. The zero-order chi connectivity index (χ0) is 19.1. The number of hydrogen-bond acceptors (Lipinski definition) is 4. The first-order valence-electron chi connectivity index (χ1n) is 9.76. The predicted octanol–water partition coefficient (Wildman–Crippen LogP) is 3.23. The fraction of sp³-hybridized carbons (Fsp3) is 0.455. The summed E-state index contributed by atoms with van der Waals surface area (Å²) in [5.41, 5.74) is 2.29. The van der Waals surface area contributed by atoms with E-state index in [-0.39, 0.29) is 5.91 Å². The van der Waals surface area contributed by atoms with Crippen molar-refractivity contribution < 1.29 is 9.90 Å². The van der Waals surface area contributed by atoms with E-state index in [0.29, 0.717) is 18.3 Å². The minimum absolute atomic E-state index is 0.215. The zero-order valence-electron chi connectivity index (χ0n) is 16.1. The summed E-state index contributed by atoms with van der Waals surface area (Å²) in [6.07, 6.45) is 8.74. The number of phenolic OH excluding ortho intramolecular Hbond substituents is 1. The highest BCUT2D eigenvalue weighted by atomic mass is 16.3. The van der Waals surface area contributed by atoms with Crippen molar-refractivity contribution in [2.45, 2.75) is 44.7 Å². The number of aromatic nitrogens is 1. The van der Waals surface area contributed by atoms with E-state index in [1.54, 1.807) is 18.5 Å². The van der Waals surface area contributed by atoms with Crippen molar-refractivity contribution >= 4 is 5.91 Å². The van der Waals surface area contributed by atoms with Crippen molar-refractivity contribution in [2.75, 3.05) is 20.1 Å². The Kier molecular flexibility index (Phi) is 6.82. The van der Waals surface area contributed by atoms with Crippen LogP contribution in [0.2, 0.25) is 0 Å². The van der Waals surface area contributed by atoms with Gasteiger partial charge >= 0.3 is 0 Å². The fourth-order valence-corrected chi connectivity index (χ4v) is 3.85. The summed E-state index contributed by atoms with van der Waals surface area (Å²) in [7, 11) is 1.99. The molecule has 0 saturated carbocycles. The van der Waals surface area contributed by atoms with Gasteiger partial charge in [0.1, 0.15) is 5.75 Å². The molecule has 1 aliphatic rings. The van der Waals surface area contributed by atoms with Crippen LogP contribution in [0.5, 0.6) is 5.75 Å². The summed E-state index contributed by atoms with van der Waals surface area (Å²) in [6, 6.07) is 11.7. The summed E-state index contributed by atoms with van der Waals surface area (Å²) >= 11 is 0. The molecule has 0 unspecified atom stereocenters. The lowest BCUT2D eigenvalue weighted by Crippen LogP contribution is -2.47. The Balaban J connectivity index is 1.54. The van der Waals surface area contributed by atoms with Crippen molar-refractivity contribution in [3.63, 3.8) is 0 Å². The number of likely N-dealkylation sites (tertiary alicyclic amines) is 1. The number of pyridine rings is 1. The van der Waals surface area contributed by atoms with Gasteiger partial charge in [-0.25, -0.2) is 0 Å². The van der Waals surface area contributed by atoms with Crippen molar-refractivity contribution in [3.8, 4) is 5.75 Å². The molecule has 0 bridgehead atoms. The van der Waals surface area contributed by atoms with Gasteiger partial charge in [0.15, 0.2) is 0 Å². The fourth-order valence-electron chi connectivity index (χ4n) is 3.85. The third-order valence-electron chi connectivity index (χ3n) is 5.23. The number of carbonyl (C=O) groups excluding carboxylic acids is 1. The van der Waals surface area contributed by atoms with Crippen LogP contribution >= 0.6 is 0 Å². The molecular weight excluding hydrogens is 338 g/mol. The van der Waals surface area contributed by atoms with Gasteiger partial charge in [0.25, 0.3) is 0 Å². The zero-order valence-corrected chi connectivity index (χ0v) is 16.1. The van der Waals surface area contributed by atoms with Gasteiger partial charge in [-0.15, -0.1) is 0 Å². The lowest BCUT2D eigenvalue weighted by Gasteiger charge is -2.37. The standard InChI is InChI=1S/C22H29N3O2/c1-24(16-19-10-12-23-13-11-19)17-22(27)25-14-3-2-6-20(25)9-8-18-5-4-7-21(26)15-18/h4-5,7,10-13,15,20,26H,2-3,6,8-9,14,16-17H2,1H3/t20-/m0/s1. The molecule has 1 amide bonds. The summed E-state index contributed by atoms with van der Waals surface area (Å²) < 4.78 is 0. The first-order chi connectivity index (χ1) is 13.1. The topological polar surface area (TPSA) is 56.7 Å². The lowest BCUT2D eigenvalue weighted by atomic mass is 9.95. The van der Waals surface area contributed by atoms with Gasteiger partial charge in [-0.1, -0.05) is 12.1 Å². The molecule has 5 heteroatoms. The number of likely N-dealkylation sites (N-methyl/N-ethyl adjacent to an activating group) is 1. The molecule has 3 rings (SSSR count). The van der Waals surface area contributed by atoms with Crippen LogP contribution in [0.3, 0.4) is 0 Å². The van der Waals surface area contributed by atoms with E-state index in [1.807, 2.05) is 37.4 Å². The number of piperidine rings is 1. The second-order valence-corrected chi connectivity index (χ2v) is 7.47. The second kappa shape index (κ2) is 9.51. The monoisotopic (exact) mass is 367 g/mol. The van der Waals surface area contributed by atoms with E-state index < -0.39 is 0 Å². The highest BCUT2D eigenvalue weighted by Gasteiger charge is 2.26. The van der Waals surface area contributed by atoms with Gasteiger partial charge in [0.05, 0.1) is 6.54 Å². The third-order valence-corrected chi connectivity index (χ3v) is 5.23. The maximum Gasteiger partial charge on any atom is 0.236 e. The second-order valence-electron chi connectivity index (χ2n) is 7.47. The van der Waals surface area contributed by atoms with Gasteiger partial charge in [-0.3, -0.25) is 14.7 Å². The molecule has 5 nitrogen and oxygen atoms in total. The smallest absolute Gasteiger partial charge is 0.236 e. The van der Waals surface area contributed by atoms with Crippen LogP contribution in [0.25, 0.3) is 0 Å². The number of nitrogens with zero attached hydrogens (tertiary/aromatic N) is 3. The molecule has 1 saturated heterocycles. The van der Waals surface area contributed by atoms with E-state index in [0.717, 1.165) is 44.3 Å². The number of hydrogen-bond donors (Lipinski definition) is 1. The molecule has 1 aromatic heterocycles. The first kappa shape index (κ1) is 19.4. The van der Waals surface area contributed by atoms with Gasteiger partial charge in [0.2, 0.25) is 5.91 Å². The van der Waals surface area contributed by atoms with Crippen molar-refractivity contribution in [3.05, 3.63) is 59.9 Å². The molecule has 0 spiro atoms. The molecule has 1 aliphatic heterocycles. The van der Waals surface area contributed by atoms with Crippen LogP contribution in [-0.4, -0.2) is 52.0 Å². The van der Waals surface area contributed by atoms with Crippen molar-refractivity contribution in [2.24, 2.45) is 0 Å². The number of carbonyl (C=O) groups is 1. The number of aromatic hydroxyl groups is 1. The Bertz CT molecular complexity index is 735. The minimum atomic E-state index is 0.215. The van der Waals surface area contributed by atoms with Crippen LogP contribution < -0.4 is 0 Å². The van der Waals surface area contributed by atoms with E-state index in [9.17, 15) is 9.90 Å². The molecule has 1 aromatic carbocycles. The lowest BCUT2D eigenvalue weighted by molar-refractivity contribution is -0.136.